The van der Waals surface area contributed by atoms with E-state index in [-0.39, 0.29) is 12.1 Å². The molecule has 110 valence electrons. The molecule has 0 aromatic heterocycles. The van der Waals surface area contributed by atoms with Crippen molar-refractivity contribution in [3.05, 3.63) is 23.8 Å². The number of rotatable bonds is 6. The number of hydrogen-bond donors (Lipinski definition) is 2. The van der Waals surface area contributed by atoms with E-state index in [1.54, 1.807) is 0 Å². The summed E-state index contributed by atoms with van der Waals surface area (Å²) in [6, 6.07) is 5.97. The van der Waals surface area contributed by atoms with Gasteiger partial charge in [-0.1, -0.05) is 6.07 Å². The highest BCUT2D eigenvalue weighted by Gasteiger charge is 2.38. The van der Waals surface area contributed by atoms with Crippen molar-refractivity contribution in [2.75, 3.05) is 19.8 Å². The van der Waals surface area contributed by atoms with Crippen LogP contribution in [0.2, 0.25) is 0 Å². The Kier molecular flexibility index (Phi) is 4.10. The van der Waals surface area contributed by atoms with Crippen molar-refractivity contribution in [1.29, 1.82) is 0 Å². The van der Waals surface area contributed by atoms with Crippen molar-refractivity contribution in [1.82, 2.24) is 5.43 Å². The van der Waals surface area contributed by atoms with Crippen LogP contribution in [0.15, 0.2) is 18.2 Å². The van der Waals surface area contributed by atoms with Crippen molar-refractivity contribution in [3.63, 3.8) is 0 Å². The van der Waals surface area contributed by atoms with Gasteiger partial charge in [0.2, 0.25) is 0 Å². The van der Waals surface area contributed by atoms with Crippen molar-refractivity contribution in [2.24, 2.45) is 11.8 Å². The van der Waals surface area contributed by atoms with Crippen LogP contribution in [0.4, 0.5) is 0 Å². The van der Waals surface area contributed by atoms with Crippen LogP contribution in [-0.2, 0) is 4.74 Å². The molecular weight excluding hydrogens is 256 g/mol. The molecule has 0 amide bonds. The van der Waals surface area contributed by atoms with Gasteiger partial charge in [-0.05, 0) is 43.4 Å². The summed E-state index contributed by atoms with van der Waals surface area (Å²) in [6.45, 7) is 3.92. The summed E-state index contributed by atoms with van der Waals surface area (Å²) >= 11 is 0. The van der Waals surface area contributed by atoms with Crippen molar-refractivity contribution >= 4 is 0 Å². The first kappa shape index (κ1) is 13.7. The Hall–Kier alpha value is -1.30. The van der Waals surface area contributed by atoms with Crippen molar-refractivity contribution in [2.45, 2.75) is 31.9 Å². The largest absolute Gasteiger partial charge is 0.486 e. The van der Waals surface area contributed by atoms with Gasteiger partial charge >= 0.3 is 0 Å². The average Bonchev–Trinajstić information content (AvgIpc) is 3.31. The Morgan fingerprint density at radius 3 is 2.70 bits per heavy atom. The van der Waals surface area contributed by atoms with E-state index < -0.39 is 0 Å². The Labute approximate surface area is 119 Å². The molecule has 1 heterocycles. The molecule has 1 aliphatic carbocycles. The Morgan fingerprint density at radius 2 is 2.05 bits per heavy atom. The number of fused-ring (bicyclic) bond motifs is 1. The van der Waals surface area contributed by atoms with Crippen LogP contribution < -0.4 is 20.7 Å². The van der Waals surface area contributed by atoms with E-state index in [0.717, 1.165) is 17.1 Å². The molecule has 5 nitrogen and oxygen atoms in total. The summed E-state index contributed by atoms with van der Waals surface area (Å²) in [6.07, 6.45) is 2.55. The van der Waals surface area contributed by atoms with Gasteiger partial charge in [-0.15, -0.1) is 0 Å². The topological polar surface area (TPSA) is 65.7 Å². The lowest BCUT2D eigenvalue weighted by atomic mass is 9.98. The van der Waals surface area contributed by atoms with E-state index in [2.05, 4.69) is 5.43 Å². The average molecular weight is 278 g/mol. The third-order valence-corrected chi connectivity index (χ3v) is 3.88. The second-order valence-corrected chi connectivity index (χ2v) is 5.30. The zero-order valence-corrected chi connectivity index (χ0v) is 11.8. The van der Waals surface area contributed by atoms with Gasteiger partial charge < -0.3 is 14.2 Å². The summed E-state index contributed by atoms with van der Waals surface area (Å²) in [5.41, 5.74) is 4.00. The summed E-state index contributed by atoms with van der Waals surface area (Å²) in [4.78, 5) is 0. The normalized spacial score (nSPS) is 20.5. The van der Waals surface area contributed by atoms with Crippen LogP contribution in [0.5, 0.6) is 11.5 Å². The van der Waals surface area contributed by atoms with E-state index in [1.165, 1.54) is 12.8 Å². The lowest BCUT2D eigenvalue weighted by Crippen LogP contribution is -2.39. The molecule has 2 atom stereocenters. The number of ether oxygens (including phenoxy) is 3. The first-order valence-corrected chi connectivity index (χ1v) is 7.30. The summed E-state index contributed by atoms with van der Waals surface area (Å²) in [5.74, 6) is 7.97. The van der Waals surface area contributed by atoms with Gasteiger partial charge in [0.1, 0.15) is 13.2 Å². The Morgan fingerprint density at radius 1 is 1.30 bits per heavy atom. The fraction of sp³-hybridized carbons (Fsp3) is 0.600. The molecule has 0 saturated heterocycles. The van der Waals surface area contributed by atoms with Crippen molar-refractivity contribution in [3.8, 4) is 11.5 Å². The smallest absolute Gasteiger partial charge is 0.161 e. The second-order valence-electron chi connectivity index (χ2n) is 5.30. The predicted molar refractivity (Wildman–Crippen MR) is 75.6 cm³/mol. The highest BCUT2D eigenvalue weighted by atomic mass is 16.6. The Balaban J connectivity index is 1.84. The molecule has 1 aromatic carbocycles. The van der Waals surface area contributed by atoms with Crippen molar-refractivity contribution < 1.29 is 14.2 Å². The predicted octanol–water partition coefficient (Wildman–Crippen LogP) is 1.78. The zero-order chi connectivity index (χ0) is 13.9. The minimum absolute atomic E-state index is 0.0155. The van der Waals surface area contributed by atoms with Gasteiger partial charge in [-0.3, -0.25) is 11.3 Å². The van der Waals surface area contributed by atoms with E-state index in [9.17, 15) is 0 Å². The molecule has 1 aliphatic heterocycles. The summed E-state index contributed by atoms with van der Waals surface area (Å²) in [5, 5.41) is 0. The number of nitrogens with one attached hydrogen (secondary N) is 1. The van der Waals surface area contributed by atoms with Crippen LogP contribution in [0.3, 0.4) is 0 Å². The fourth-order valence-corrected chi connectivity index (χ4v) is 2.76. The third-order valence-electron chi connectivity index (χ3n) is 3.88. The first-order valence-electron chi connectivity index (χ1n) is 7.30. The van der Waals surface area contributed by atoms with Gasteiger partial charge in [0.15, 0.2) is 11.5 Å². The van der Waals surface area contributed by atoms with Gasteiger partial charge in [-0.25, -0.2) is 0 Å². The Bertz CT molecular complexity index is 462. The lowest BCUT2D eigenvalue weighted by molar-refractivity contribution is 0.0184. The quantitative estimate of drug-likeness (QED) is 0.613. The van der Waals surface area contributed by atoms with Gasteiger partial charge in [0.25, 0.3) is 0 Å². The maximum atomic E-state index is 5.90. The SMILES string of the molecule is CCOC(C1CC1)C(NN)c1ccc2c(c1)OCCO2. The van der Waals surface area contributed by atoms with Crippen LogP contribution in [0, 0.1) is 5.92 Å². The molecular formula is C15H22N2O3. The van der Waals surface area contributed by atoms with Crippen LogP contribution in [0.25, 0.3) is 0 Å². The van der Waals surface area contributed by atoms with Crippen LogP contribution in [-0.4, -0.2) is 25.9 Å². The van der Waals surface area contributed by atoms with Gasteiger partial charge in [0.05, 0.1) is 12.1 Å². The first-order chi connectivity index (χ1) is 9.83. The maximum Gasteiger partial charge on any atom is 0.161 e. The maximum absolute atomic E-state index is 5.90. The molecule has 20 heavy (non-hydrogen) atoms. The summed E-state index contributed by atoms with van der Waals surface area (Å²) < 4.78 is 17.1. The van der Waals surface area contributed by atoms with Gasteiger partial charge in [-0.2, -0.15) is 0 Å². The number of benzene rings is 1. The molecule has 2 unspecified atom stereocenters. The number of nitrogens with two attached hydrogens (primary N) is 1. The molecule has 0 spiro atoms. The third kappa shape index (κ3) is 2.75. The molecule has 3 rings (SSSR count). The molecule has 2 aliphatic rings. The minimum atomic E-state index is -0.0155. The second kappa shape index (κ2) is 5.99. The number of hydrazine groups is 1. The van der Waals surface area contributed by atoms with Crippen LogP contribution in [0.1, 0.15) is 31.4 Å². The minimum Gasteiger partial charge on any atom is -0.486 e. The highest BCUT2D eigenvalue weighted by molar-refractivity contribution is 5.45. The standard InChI is InChI=1S/C15H22N2O3/c1-2-18-15(10-3-4-10)14(17-16)11-5-6-12-13(9-11)20-8-7-19-12/h5-6,9-10,14-15,17H,2-4,7-8,16H2,1H3. The molecule has 5 heteroatoms. The molecule has 3 N–H and O–H groups in total. The van der Waals surface area contributed by atoms with E-state index in [0.29, 0.717) is 25.7 Å². The fourth-order valence-electron chi connectivity index (χ4n) is 2.76. The van der Waals surface area contributed by atoms with Gasteiger partial charge in [0, 0.05) is 6.61 Å². The molecule has 1 saturated carbocycles. The monoisotopic (exact) mass is 278 g/mol. The molecule has 0 bridgehead atoms. The molecule has 1 aromatic rings. The van der Waals surface area contributed by atoms with E-state index >= 15 is 0 Å². The lowest BCUT2D eigenvalue weighted by Gasteiger charge is -2.28. The summed E-state index contributed by atoms with van der Waals surface area (Å²) in [7, 11) is 0. The molecule has 1 fully saturated rings. The zero-order valence-electron chi connectivity index (χ0n) is 11.8. The number of hydrogen-bond acceptors (Lipinski definition) is 5. The van der Waals surface area contributed by atoms with E-state index in [1.807, 2.05) is 25.1 Å². The van der Waals surface area contributed by atoms with E-state index in [4.69, 9.17) is 20.1 Å². The molecule has 0 radical (unpaired) electrons. The highest BCUT2D eigenvalue weighted by Crippen LogP contribution is 2.41. The van der Waals surface area contributed by atoms with Crippen LogP contribution >= 0.6 is 0 Å².